The van der Waals surface area contributed by atoms with Crippen molar-refractivity contribution in [3.8, 4) is 44.8 Å². The molecule has 2 nitrogen and oxygen atoms in total. The molecule has 0 unspecified atom stereocenters. The Morgan fingerprint density at radius 3 is 1.53 bits per heavy atom. The summed E-state index contributed by atoms with van der Waals surface area (Å²) in [7, 11) is 0. The quantitative estimate of drug-likeness (QED) is 0.179. The highest BCUT2D eigenvalue weighted by Crippen LogP contribution is 2.45. The molecule has 0 aliphatic carbocycles. The molecule has 2 heterocycles. The fourth-order valence-electron chi connectivity index (χ4n) is 7.71. The van der Waals surface area contributed by atoms with Gasteiger partial charge >= 0.3 is 0 Å². The molecule has 228 valence electrons. The van der Waals surface area contributed by atoms with E-state index < -0.39 is 0 Å². The Kier molecular flexibility index (Phi) is 6.22. The minimum Gasteiger partial charge on any atom is -0.231 e. The molecule has 0 bridgehead atoms. The Hall–Kier alpha value is -6.51. The first kappa shape index (κ1) is 27.6. The van der Waals surface area contributed by atoms with E-state index in [2.05, 4.69) is 187 Å². The first-order valence-corrected chi connectivity index (χ1v) is 16.8. The Morgan fingerprint density at radius 2 is 0.837 bits per heavy atom. The van der Waals surface area contributed by atoms with E-state index in [0.29, 0.717) is 0 Å². The zero-order valence-corrected chi connectivity index (χ0v) is 26.7. The van der Waals surface area contributed by atoms with Crippen LogP contribution in [0.4, 0.5) is 0 Å². The van der Waals surface area contributed by atoms with Crippen molar-refractivity contribution >= 4 is 48.6 Å². The summed E-state index contributed by atoms with van der Waals surface area (Å²) in [5, 5.41) is 15.3. The smallest absolute Gasteiger partial charge is 0.102 e. The van der Waals surface area contributed by atoms with Crippen LogP contribution in [-0.2, 0) is 0 Å². The van der Waals surface area contributed by atoms with Crippen LogP contribution in [0.5, 0.6) is 0 Å². The summed E-state index contributed by atoms with van der Waals surface area (Å²) in [5.74, 6) is 0. The van der Waals surface area contributed by atoms with Crippen molar-refractivity contribution in [3.63, 3.8) is 0 Å². The molecule has 0 spiro atoms. The van der Waals surface area contributed by atoms with Crippen LogP contribution in [0.3, 0.4) is 0 Å². The molecule has 0 aliphatic rings. The van der Waals surface area contributed by atoms with Gasteiger partial charge in [-0.3, -0.25) is 0 Å². The molecule has 0 amide bonds. The summed E-state index contributed by atoms with van der Waals surface area (Å²) in [5.41, 5.74) is 10.1. The van der Waals surface area contributed by atoms with Gasteiger partial charge in [-0.05, 0) is 78.7 Å². The lowest BCUT2D eigenvalue weighted by molar-refractivity contribution is 0.981. The average molecular weight is 623 g/mol. The third-order valence-corrected chi connectivity index (χ3v) is 9.95. The zero-order chi connectivity index (χ0) is 32.3. The molecule has 0 aliphatic heterocycles. The minimum atomic E-state index is 0.979. The Balaban J connectivity index is 1.40. The molecule has 10 aromatic rings. The molecule has 0 atom stereocenters. The lowest BCUT2D eigenvalue weighted by Crippen LogP contribution is -1.98. The fraction of sp³-hybridized carbons (Fsp3) is 0. The summed E-state index contributed by atoms with van der Waals surface area (Å²) in [4.78, 5) is 0. The number of nitrogens with zero attached hydrogens (tertiary/aromatic N) is 2. The highest BCUT2D eigenvalue weighted by atomic mass is 15.2. The van der Waals surface area contributed by atoms with Crippen LogP contribution >= 0.6 is 0 Å². The van der Waals surface area contributed by atoms with Crippen molar-refractivity contribution in [2.45, 2.75) is 0 Å². The predicted molar refractivity (Wildman–Crippen MR) is 207 cm³/mol. The second-order valence-electron chi connectivity index (χ2n) is 12.8. The van der Waals surface area contributed by atoms with E-state index in [-0.39, 0.29) is 0 Å². The van der Waals surface area contributed by atoms with E-state index in [0.717, 1.165) is 39.2 Å². The molecule has 0 N–H and O–H groups in total. The summed E-state index contributed by atoms with van der Waals surface area (Å²) in [6.45, 7) is 0. The van der Waals surface area contributed by atoms with Gasteiger partial charge in [0.1, 0.15) is 5.69 Å². The number of hydrogen-bond donors (Lipinski definition) is 0. The van der Waals surface area contributed by atoms with E-state index in [1.807, 2.05) is 0 Å². The summed E-state index contributed by atoms with van der Waals surface area (Å²) >= 11 is 0. The zero-order valence-electron chi connectivity index (χ0n) is 26.7. The predicted octanol–water partition coefficient (Wildman–Crippen LogP) is 12.6. The maximum atomic E-state index is 5.67. The van der Waals surface area contributed by atoms with Gasteiger partial charge in [0.15, 0.2) is 0 Å². The Bertz CT molecular complexity index is 2860. The minimum absolute atomic E-state index is 0.979. The van der Waals surface area contributed by atoms with E-state index in [4.69, 9.17) is 5.10 Å². The van der Waals surface area contributed by atoms with E-state index in [1.165, 1.54) is 54.2 Å². The molecule has 10 rings (SSSR count). The molecule has 2 heteroatoms. The maximum absolute atomic E-state index is 5.67. The van der Waals surface area contributed by atoms with Crippen LogP contribution in [0.25, 0.3) is 93.4 Å². The van der Waals surface area contributed by atoms with Gasteiger partial charge in [0.05, 0.1) is 11.2 Å². The number of fused-ring (bicyclic) bond motifs is 7. The molecule has 0 fully saturated rings. The van der Waals surface area contributed by atoms with Gasteiger partial charge in [-0.2, -0.15) is 5.10 Å². The van der Waals surface area contributed by atoms with Gasteiger partial charge in [-0.25, -0.2) is 4.52 Å². The van der Waals surface area contributed by atoms with Gasteiger partial charge in [-0.1, -0.05) is 158 Å². The van der Waals surface area contributed by atoms with Crippen molar-refractivity contribution in [3.05, 3.63) is 182 Å². The van der Waals surface area contributed by atoms with E-state index in [1.54, 1.807) is 0 Å². The van der Waals surface area contributed by atoms with Crippen molar-refractivity contribution in [2.75, 3.05) is 0 Å². The van der Waals surface area contributed by atoms with E-state index in [9.17, 15) is 0 Å². The topological polar surface area (TPSA) is 17.3 Å². The highest BCUT2D eigenvalue weighted by Gasteiger charge is 2.24. The number of benzene rings is 8. The van der Waals surface area contributed by atoms with Crippen LogP contribution in [-0.4, -0.2) is 9.61 Å². The van der Waals surface area contributed by atoms with Crippen molar-refractivity contribution < 1.29 is 0 Å². The van der Waals surface area contributed by atoms with Gasteiger partial charge < -0.3 is 0 Å². The van der Waals surface area contributed by atoms with Crippen molar-refractivity contribution in [1.82, 2.24) is 9.61 Å². The molecular weight excluding hydrogens is 593 g/mol. The maximum Gasteiger partial charge on any atom is 0.102 e. The molecule has 0 radical (unpaired) electrons. The third-order valence-electron chi connectivity index (χ3n) is 9.95. The fourth-order valence-corrected chi connectivity index (χ4v) is 7.71. The van der Waals surface area contributed by atoms with Crippen molar-refractivity contribution in [2.24, 2.45) is 0 Å². The molecule has 2 aromatic heterocycles. The van der Waals surface area contributed by atoms with Gasteiger partial charge in [0.25, 0.3) is 0 Å². The highest BCUT2D eigenvalue weighted by molar-refractivity contribution is 6.17. The number of hydrogen-bond acceptors (Lipinski definition) is 1. The summed E-state index contributed by atoms with van der Waals surface area (Å²) in [6.07, 6.45) is 0. The molecule has 0 saturated heterocycles. The summed E-state index contributed by atoms with van der Waals surface area (Å²) < 4.78 is 2.22. The van der Waals surface area contributed by atoms with Crippen LogP contribution in [0.15, 0.2) is 182 Å². The normalized spacial score (nSPS) is 11.7. The van der Waals surface area contributed by atoms with Crippen LogP contribution in [0.2, 0.25) is 0 Å². The Labute approximate surface area is 284 Å². The molecular formula is C47H30N2. The lowest BCUT2D eigenvalue weighted by Gasteiger charge is -2.15. The van der Waals surface area contributed by atoms with Gasteiger partial charge in [-0.15, -0.1) is 0 Å². The van der Waals surface area contributed by atoms with Crippen molar-refractivity contribution in [1.29, 1.82) is 0 Å². The summed E-state index contributed by atoms with van der Waals surface area (Å²) in [6, 6.07) is 65.7. The van der Waals surface area contributed by atoms with Gasteiger partial charge in [0, 0.05) is 22.1 Å². The molecule has 8 aromatic carbocycles. The SMILES string of the molecule is c1ccc(-c2cc3ccccc3cc2-c2cc3ccccc3c3c(-c4ccccc4)c(-c4cc5ccccc5c5ccccc45)nn23)cc1. The second kappa shape index (κ2) is 11.0. The van der Waals surface area contributed by atoms with Gasteiger partial charge in [0.2, 0.25) is 0 Å². The standard InChI is InChI=1S/C47H30N2/c1-3-15-31(16-4-1)41-27-33-19-7-8-20-34(33)28-42(41)44-30-36-22-10-12-24-38(36)47-45(32-17-5-2-6-18-32)46(48-49(44)47)43-29-35-21-9-11-23-37(35)39-25-13-14-26-40(39)43/h1-30H. The monoisotopic (exact) mass is 622 g/mol. The largest absolute Gasteiger partial charge is 0.231 e. The first-order valence-electron chi connectivity index (χ1n) is 16.8. The number of pyridine rings is 1. The van der Waals surface area contributed by atoms with Crippen LogP contribution in [0, 0.1) is 0 Å². The van der Waals surface area contributed by atoms with E-state index >= 15 is 0 Å². The number of aromatic nitrogens is 2. The third kappa shape index (κ3) is 4.38. The van der Waals surface area contributed by atoms with Crippen LogP contribution < -0.4 is 0 Å². The molecule has 0 saturated carbocycles. The average Bonchev–Trinajstić information content (AvgIpc) is 3.58. The first-order chi connectivity index (χ1) is 24.3. The Morgan fingerprint density at radius 1 is 0.347 bits per heavy atom. The number of rotatable bonds is 4. The molecule has 49 heavy (non-hydrogen) atoms. The lowest BCUT2D eigenvalue weighted by atomic mass is 9.91. The second-order valence-corrected chi connectivity index (χ2v) is 12.8. The van der Waals surface area contributed by atoms with Crippen LogP contribution in [0.1, 0.15) is 0 Å².